The number of methoxy groups -OCH3 is 1. The molecule has 1 heterocycles. The predicted molar refractivity (Wildman–Crippen MR) is 76.0 cm³/mol. The maximum absolute atomic E-state index is 12.7. The fourth-order valence-corrected chi connectivity index (χ4v) is 2.58. The molecule has 1 rings (SSSR count). The van der Waals surface area contributed by atoms with Crippen molar-refractivity contribution in [2.45, 2.75) is 51.6 Å². The van der Waals surface area contributed by atoms with Crippen LogP contribution < -0.4 is 5.32 Å². The maximum Gasteiger partial charge on any atom is 0.471 e. The molecule has 0 aromatic heterocycles. The fraction of sp³-hybridized carbons (Fsp3) is 0.786. The number of hydrogen-bond acceptors (Lipinski definition) is 4. The van der Waals surface area contributed by atoms with E-state index in [0.29, 0.717) is 0 Å². The number of carboxylic acid groups (broad SMARTS) is 1. The Labute approximate surface area is 137 Å². The third-order valence-corrected chi connectivity index (χ3v) is 3.83. The molecule has 0 aromatic carbocycles. The number of alkyl halides is 3. The Morgan fingerprint density at radius 2 is 1.79 bits per heavy atom. The van der Waals surface area contributed by atoms with Crippen LogP contribution in [0.4, 0.5) is 13.2 Å². The first-order valence-electron chi connectivity index (χ1n) is 7.24. The molecule has 0 saturated carbocycles. The van der Waals surface area contributed by atoms with Gasteiger partial charge >= 0.3 is 18.1 Å². The van der Waals surface area contributed by atoms with Crippen molar-refractivity contribution in [3.05, 3.63) is 0 Å². The summed E-state index contributed by atoms with van der Waals surface area (Å²) in [6.45, 7) is 4.45. The van der Waals surface area contributed by atoms with Crippen LogP contribution in [-0.4, -0.2) is 65.8 Å². The lowest BCUT2D eigenvalue weighted by molar-refractivity contribution is -0.176. The molecule has 1 aliphatic rings. The van der Waals surface area contributed by atoms with E-state index in [2.05, 4.69) is 0 Å². The van der Waals surface area contributed by atoms with Crippen LogP contribution in [-0.2, 0) is 19.1 Å². The van der Waals surface area contributed by atoms with E-state index in [1.54, 1.807) is 5.32 Å². The first-order valence-corrected chi connectivity index (χ1v) is 7.24. The predicted octanol–water partition coefficient (Wildman–Crippen LogP) is 0.780. The standard InChI is InChI=1S/C14H21F3N2O5/c1-13(2,3)9(18-12(23)14(15,16)17)10(20)19-6-5-7(24-4)8(19)11(21)22/h7-9H,5-6H2,1-4H3,(H,18,23)(H,21,22)/t7-,8+,9-/m1/s1. The molecule has 1 fully saturated rings. The third kappa shape index (κ3) is 4.37. The van der Waals surface area contributed by atoms with Crippen LogP contribution in [0.5, 0.6) is 0 Å². The SMILES string of the molecule is CO[C@@H]1CCN(C(=O)[C@@H](NC(=O)C(F)(F)F)C(C)(C)C)[C@@H]1C(=O)O. The van der Waals surface area contributed by atoms with Gasteiger partial charge in [0.05, 0.1) is 6.10 Å². The monoisotopic (exact) mass is 354 g/mol. The lowest BCUT2D eigenvalue weighted by atomic mass is 9.85. The van der Waals surface area contributed by atoms with Crippen molar-refractivity contribution < 1.29 is 37.4 Å². The number of carboxylic acids is 1. The third-order valence-electron chi connectivity index (χ3n) is 3.83. The number of carbonyl (C=O) groups is 3. The highest BCUT2D eigenvalue weighted by atomic mass is 19.4. The van der Waals surface area contributed by atoms with Crippen LogP contribution in [0.25, 0.3) is 0 Å². The summed E-state index contributed by atoms with van der Waals surface area (Å²) in [6, 6.07) is -2.83. The van der Waals surface area contributed by atoms with Crippen molar-refractivity contribution in [1.82, 2.24) is 10.2 Å². The van der Waals surface area contributed by atoms with Gasteiger partial charge in [0, 0.05) is 13.7 Å². The van der Waals surface area contributed by atoms with Gasteiger partial charge in [-0.1, -0.05) is 20.8 Å². The van der Waals surface area contributed by atoms with Crippen LogP contribution in [0.3, 0.4) is 0 Å². The maximum atomic E-state index is 12.7. The number of aliphatic carboxylic acids is 1. The quantitative estimate of drug-likeness (QED) is 0.778. The topological polar surface area (TPSA) is 95.9 Å². The number of nitrogens with one attached hydrogen (secondary N) is 1. The average molecular weight is 354 g/mol. The van der Waals surface area contributed by atoms with Crippen LogP contribution >= 0.6 is 0 Å². The molecule has 0 aromatic rings. The number of nitrogens with zero attached hydrogens (tertiary/aromatic N) is 1. The Hall–Kier alpha value is -1.84. The van der Waals surface area contributed by atoms with E-state index in [0.717, 1.165) is 4.90 Å². The molecule has 7 nitrogen and oxygen atoms in total. The van der Waals surface area contributed by atoms with E-state index in [1.165, 1.54) is 27.9 Å². The van der Waals surface area contributed by atoms with Crippen molar-refractivity contribution in [1.29, 1.82) is 0 Å². The minimum atomic E-state index is -5.14. The first kappa shape index (κ1) is 20.2. The highest BCUT2D eigenvalue weighted by Gasteiger charge is 2.49. The van der Waals surface area contributed by atoms with Gasteiger partial charge in [0.2, 0.25) is 5.91 Å². The molecule has 0 bridgehead atoms. The average Bonchev–Trinajstić information content (AvgIpc) is 2.85. The molecule has 0 unspecified atom stereocenters. The molecular formula is C14H21F3N2O5. The highest BCUT2D eigenvalue weighted by molar-refractivity contribution is 5.93. The van der Waals surface area contributed by atoms with Crippen molar-refractivity contribution in [3.63, 3.8) is 0 Å². The summed E-state index contributed by atoms with van der Waals surface area (Å²) < 4.78 is 42.6. The van der Waals surface area contributed by atoms with Gasteiger partial charge in [-0.2, -0.15) is 13.2 Å². The van der Waals surface area contributed by atoms with Gasteiger partial charge in [-0.25, -0.2) is 4.79 Å². The summed E-state index contributed by atoms with van der Waals surface area (Å²) in [4.78, 5) is 36.2. The highest BCUT2D eigenvalue weighted by Crippen LogP contribution is 2.28. The van der Waals surface area contributed by atoms with Gasteiger partial charge in [-0.15, -0.1) is 0 Å². The number of amides is 2. The van der Waals surface area contributed by atoms with E-state index in [9.17, 15) is 32.7 Å². The summed E-state index contributed by atoms with van der Waals surface area (Å²) in [7, 11) is 1.29. The van der Waals surface area contributed by atoms with Gasteiger partial charge in [-0.05, 0) is 11.8 Å². The smallest absolute Gasteiger partial charge is 0.471 e. The number of rotatable bonds is 4. The van der Waals surface area contributed by atoms with E-state index in [-0.39, 0.29) is 13.0 Å². The van der Waals surface area contributed by atoms with Gasteiger partial charge in [0.1, 0.15) is 6.04 Å². The van der Waals surface area contributed by atoms with E-state index in [1.807, 2.05) is 0 Å². The molecular weight excluding hydrogens is 333 g/mol. The van der Waals surface area contributed by atoms with Crippen LogP contribution in [0.15, 0.2) is 0 Å². The minimum Gasteiger partial charge on any atom is -0.480 e. The van der Waals surface area contributed by atoms with Crippen molar-refractivity contribution in [2.75, 3.05) is 13.7 Å². The molecule has 0 aliphatic carbocycles. The molecule has 0 radical (unpaired) electrons. The Morgan fingerprint density at radius 3 is 2.17 bits per heavy atom. The van der Waals surface area contributed by atoms with E-state index < -0.39 is 47.6 Å². The zero-order valence-corrected chi connectivity index (χ0v) is 13.8. The number of likely N-dealkylation sites (tertiary alicyclic amines) is 1. The van der Waals surface area contributed by atoms with Gasteiger partial charge in [0.25, 0.3) is 0 Å². The molecule has 24 heavy (non-hydrogen) atoms. The second kappa shape index (κ2) is 6.96. The number of carbonyl (C=O) groups excluding carboxylic acids is 2. The lowest BCUT2D eigenvalue weighted by Crippen LogP contribution is -2.59. The normalized spacial score (nSPS) is 23.0. The second-order valence-electron chi connectivity index (χ2n) is 6.65. The zero-order valence-electron chi connectivity index (χ0n) is 13.8. The van der Waals surface area contributed by atoms with Crippen molar-refractivity contribution >= 4 is 17.8 Å². The van der Waals surface area contributed by atoms with Crippen molar-refractivity contribution in [2.24, 2.45) is 5.41 Å². The molecule has 0 spiro atoms. The van der Waals surface area contributed by atoms with Crippen LogP contribution in [0.1, 0.15) is 27.2 Å². The summed E-state index contributed by atoms with van der Waals surface area (Å²) in [6.07, 6.45) is -5.66. The first-order chi connectivity index (χ1) is 10.8. The Balaban J connectivity index is 3.09. The summed E-state index contributed by atoms with van der Waals surface area (Å²) in [5.41, 5.74) is -1.05. The molecule has 2 N–H and O–H groups in total. The number of halogens is 3. The molecule has 138 valence electrons. The molecule has 1 saturated heterocycles. The second-order valence-corrected chi connectivity index (χ2v) is 6.65. The molecule has 2 amide bonds. The van der Waals surface area contributed by atoms with Gasteiger partial charge in [0.15, 0.2) is 6.04 Å². The Morgan fingerprint density at radius 1 is 1.25 bits per heavy atom. The number of hydrogen-bond donors (Lipinski definition) is 2. The van der Waals surface area contributed by atoms with Crippen LogP contribution in [0.2, 0.25) is 0 Å². The summed E-state index contributed by atoms with van der Waals surface area (Å²) >= 11 is 0. The van der Waals surface area contributed by atoms with Gasteiger partial charge < -0.3 is 20.1 Å². The van der Waals surface area contributed by atoms with E-state index >= 15 is 0 Å². The largest absolute Gasteiger partial charge is 0.480 e. The Kier molecular flexibility index (Phi) is 5.86. The molecule has 3 atom stereocenters. The van der Waals surface area contributed by atoms with Crippen molar-refractivity contribution in [3.8, 4) is 0 Å². The van der Waals surface area contributed by atoms with Crippen LogP contribution in [0, 0.1) is 5.41 Å². The summed E-state index contributed by atoms with van der Waals surface area (Å²) in [5, 5.41) is 11.0. The number of ether oxygens (including phenoxy) is 1. The zero-order chi connectivity index (χ0) is 18.9. The fourth-order valence-electron chi connectivity index (χ4n) is 2.58. The molecule has 1 aliphatic heterocycles. The van der Waals surface area contributed by atoms with E-state index in [4.69, 9.17) is 4.74 Å². The molecule has 10 heteroatoms. The Bertz CT molecular complexity index is 516. The summed E-state index contributed by atoms with van der Waals surface area (Å²) in [5.74, 6) is -4.44. The lowest BCUT2D eigenvalue weighted by Gasteiger charge is -2.35. The minimum absolute atomic E-state index is 0.0166. The van der Waals surface area contributed by atoms with Gasteiger partial charge in [-0.3, -0.25) is 9.59 Å².